The van der Waals surface area contributed by atoms with E-state index in [0.717, 1.165) is 16.7 Å². The van der Waals surface area contributed by atoms with Gasteiger partial charge in [0.2, 0.25) is 10.0 Å². The van der Waals surface area contributed by atoms with Gasteiger partial charge in [-0.1, -0.05) is 41.5 Å². The molecule has 1 N–H and O–H groups in total. The summed E-state index contributed by atoms with van der Waals surface area (Å²) in [5.41, 5.74) is 2.99. The zero-order valence-corrected chi connectivity index (χ0v) is 16.1. The van der Waals surface area contributed by atoms with Crippen molar-refractivity contribution in [3.63, 3.8) is 0 Å². The van der Waals surface area contributed by atoms with Crippen molar-refractivity contribution >= 4 is 16.0 Å². The van der Waals surface area contributed by atoms with Gasteiger partial charge in [0.15, 0.2) is 0 Å². The predicted molar refractivity (Wildman–Crippen MR) is 101 cm³/mol. The van der Waals surface area contributed by atoms with Gasteiger partial charge in [-0.3, -0.25) is 0 Å². The number of ether oxygens (including phenoxy) is 1. The Hall–Kier alpha value is -2.44. The third kappa shape index (κ3) is 4.59. The maximum atomic E-state index is 12.8. The number of hydrogen-bond donors (Lipinski definition) is 1. The molecule has 0 fully saturated rings. The summed E-state index contributed by atoms with van der Waals surface area (Å²) in [4.78, 5) is 11.8. The SMILES string of the molecule is C/C=C(\C)[C@H](NS(=O)(=O)c1ccc(C)cc1)c1ccc(C(=O)OC)cc1. The number of aryl methyl sites for hydroxylation is 1. The molecule has 0 saturated carbocycles. The summed E-state index contributed by atoms with van der Waals surface area (Å²) in [6.07, 6.45) is 1.86. The van der Waals surface area contributed by atoms with Crippen molar-refractivity contribution in [1.29, 1.82) is 0 Å². The summed E-state index contributed by atoms with van der Waals surface area (Å²) >= 11 is 0. The van der Waals surface area contributed by atoms with Crippen LogP contribution in [-0.4, -0.2) is 21.5 Å². The van der Waals surface area contributed by atoms with Gasteiger partial charge in [0.25, 0.3) is 0 Å². The maximum Gasteiger partial charge on any atom is 0.337 e. The molecule has 0 aliphatic rings. The Morgan fingerprint density at radius 3 is 2.15 bits per heavy atom. The number of sulfonamides is 1. The first-order valence-electron chi connectivity index (χ1n) is 8.18. The number of allylic oxidation sites excluding steroid dienone is 1. The number of benzene rings is 2. The Morgan fingerprint density at radius 2 is 1.65 bits per heavy atom. The van der Waals surface area contributed by atoms with Gasteiger partial charge in [-0.15, -0.1) is 0 Å². The zero-order chi connectivity index (χ0) is 19.3. The fraction of sp³-hybridized carbons (Fsp3) is 0.250. The van der Waals surface area contributed by atoms with E-state index in [-0.39, 0.29) is 4.90 Å². The molecule has 5 nitrogen and oxygen atoms in total. The van der Waals surface area contributed by atoms with Crippen LogP contribution < -0.4 is 4.72 Å². The van der Waals surface area contributed by atoms with Gasteiger partial charge in [0, 0.05) is 0 Å². The molecule has 0 aliphatic carbocycles. The summed E-state index contributed by atoms with van der Waals surface area (Å²) in [5, 5.41) is 0. The van der Waals surface area contributed by atoms with Gasteiger partial charge in [0.05, 0.1) is 23.6 Å². The standard InChI is InChI=1S/C20H23NO4S/c1-5-15(3)19(16-8-10-17(11-9-16)20(22)25-4)21-26(23,24)18-12-6-14(2)7-13-18/h5-13,19,21H,1-4H3/b15-5+/t19-/m0/s1. The van der Waals surface area contributed by atoms with E-state index in [4.69, 9.17) is 4.74 Å². The molecule has 0 unspecified atom stereocenters. The number of hydrogen-bond acceptors (Lipinski definition) is 4. The third-order valence-electron chi connectivity index (χ3n) is 4.18. The van der Waals surface area contributed by atoms with Crippen LogP contribution >= 0.6 is 0 Å². The summed E-state index contributed by atoms with van der Waals surface area (Å²) in [7, 11) is -2.37. The molecule has 6 heteroatoms. The summed E-state index contributed by atoms with van der Waals surface area (Å²) in [5.74, 6) is -0.434. The van der Waals surface area contributed by atoms with Crippen molar-refractivity contribution in [3.05, 3.63) is 76.9 Å². The average Bonchev–Trinajstić information content (AvgIpc) is 2.65. The highest BCUT2D eigenvalue weighted by molar-refractivity contribution is 7.89. The molecule has 0 amide bonds. The molecule has 138 valence electrons. The third-order valence-corrected chi connectivity index (χ3v) is 5.62. The molecule has 2 rings (SSSR count). The molecular weight excluding hydrogens is 350 g/mol. The van der Waals surface area contributed by atoms with E-state index < -0.39 is 22.0 Å². The maximum absolute atomic E-state index is 12.8. The van der Waals surface area contributed by atoms with E-state index in [9.17, 15) is 13.2 Å². The molecular formula is C20H23NO4S. The van der Waals surface area contributed by atoms with Gasteiger partial charge < -0.3 is 4.74 Å². The molecule has 1 atom stereocenters. The predicted octanol–water partition coefficient (Wildman–Crippen LogP) is 3.77. The second-order valence-electron chi connectivity index (χ2n) is 6.01. The van der Waals surface area contributed by atoms with Crippen LogP contribution in [-0.2, 0) is 14.8 Å². The van der Waals surface area contributed by atoms with Gasteiger partial charge in [0.1, 0.15) is 0 Å². The van der Waals surface area contributed by atoms with Crippen molar-refractivity contribution in [2.75, 3.05) is 7.11 Å². The van der Waals surface area contributed by atoms with Crippen LogP contribution in [0.2, 0.25) is 0 Å². The number of rotatable bonds is 6. The lowest BCUT2D eigenvalue weighted by atomic mass is 9.99. The lowest BCUT2D eigenvalue weighted by molar-refractivity contribution is 0.0600. The van der Waals surface area contributed by atoms with Crippen LogP contribution in [0.5, 0.6) is 0 Å². The van der Waals surface area contributed by atoms with E-state index in [0.29, 0.717) is 5.56 Å². The monoisotopic (exact) mass is 373 g/mol. The first kappa shape index (κ1) is 19.9. The van der Waals surface area contributed by atoms with Gasteiger partial charge in [-0.25, -0.2) is 13.2 Å². The highest BCUT2D eigenvalue weighted by Crippen LogP contribution is 2.25. The first-order valence-corrected chi connectivity index (χ1v) is 9.67. The Kier molecular flexibility index (Phi) is 6.34. The Morgan fingerprint density at radius 1 is 1.08 bits per heavy atom. The number of carbonyl (C=O) groups excluding carboxylic acids is 1. The topological polar surface area (TPSA) is 72.5 Å². The minimum Gasteiger partial charge on any atom is -0.465 e. The van der Waals surface area contributed by atoms with Crippen LogP contribution in [0.3, 0.4) is 0 Å². The van der Waals surface area contributed by atoms with Crippen molar-refractivity contribution in [3.8, 4) is 0 Å². The molecule has 0 heterocycles. The molecule has 0 radical (unpaired) electrons. The quantitative estimate of drug-likeness (QED) is 0.618. The largest absolute Gasteiger partial charge is 0.465 e. The lowest BCUT2D eigenvalue weighted by Crippen LogP contribution is -2.29. The molecule has 0 aromatic heterocycles. The highest BCUT2D eigenvalue weighted by atomic mass is 32.2. The second-order valence-corrected chi connectivity index (χ2v) is 7.73. The molecule has 2 aromatic carbocycles. The van der Waals surface area contributed by atoms with Crippen LogP contribution in [0.4, 0.5) is 0 Å². The van der Waals surface area contributed by atoms with E-state index in [1.54, 1.807) is 48.5 Å². The minimum absolute atomic E-state index is 0.211. The normalized spacial score (nSPS) is 13.3. The summed E-state index contributed by atoms with van der Waals surface area (Å²) < 4.78 is 33.0. The molecule has 26 heavy (non-hydrogen) atoms. The van der Waals surface area contributed by atoms with Gasteiger partial charge in [-0.2, -0.15) is 4.72 Å². The number of esters is 1. The van der Waals surface area contributed by atoms with Crippen LogP contribution in [0.15, 0.2) is 65.1 Å². The second kappa shape index (κ2) is 8.29. The van der Waals surface area contributed by atoms with Crippen LogP contribution in [0.1, 0.15) is 41.4 Å². The Labute approximate surface area is 154 Å². The Bertz CT molecular complexity index is 898. The van der Waals surface area contributed by atoms with Crippen molar-refractivity contribution in [1.82, 2.24) is 4.72 Å². The van der Waals surface area contributed by atoms with E-state index in [1.165, 1.54) is 7.11 Å². The van der Waals surface area contributed by atoms with Gasteiger partial charge >= 0.3 is 5.97 Å². The van der Waals surface area contributed by atoms with Crippen molar-refractivity contribution in [2.24, 2.45) is 0 Å². The highest BCUT2D eigenvalue weighted by Gasteiger charge is 2.22. The number of nitrogens with one attached hydrogen (secondary N) is 1. The average molecular weight is 373 g/mol. The van der Waals surface area contributed by atoms with E-state index in [2.05, 4.69) is 4.72 Å². The zero-order valence-electron chi connectivity index (χ0n) is 15.3. The molecule has 2 aromatic rings. The molecule has 0 saturated heterocycles. The number of carbonyl (C=O) groups is 1. The van der Waals surface area contributed by atoms with Crippen molar-refractivity contribution < 1.29 is 17.9 Å². The summed E-state index contributed by atoms with van der Waals surface area (Å²) in [6, 6.07) is 12.9. The minimum atomic E-state index is -3.69. The van der Waals surface area contributed by atoms with Crippen LogP contribution in [0, 0.1) is 6.92 Å². The fourth-order valence-corrected chi connectivity index (χ4v) is 3.72. The smallest absolute Gasteiger partial charge is 0.337 e. The van der Waals surface area contributed by atoms with Gasteiger partial charge in [-0.05, 0) is 50.6 Å². The molecule has 0 aliphatic heterocycles. The van der Waals surface area contributed by atoms with E-state index in [1.807, 2.05) is 26.8 Å². The van der Waals surface area contributed by atoms with Crippen molar-refractivity contribution in [2.45, 2.75) is 31.7 Å². The lowest BCUT2D eigenvalue weighted by Gasteiger charge is -2.20. The number of methoxy groups -OCH3 is 1. The first-order chi connectivity index (χ1) is 12.3. The van der Waals surface area contributed by atoms with E-state index >= 15 is 0 Å². The Balaban J connectivity index is 2.36. The fourth-order valence-electron chi connectivity index (χ4n) is 2.46. The molecule has 0 spiro atoms. The molecule has 0 bridgehead atoms. The van der Waals surface area contributed by atoms with Crippen LogP contribution in [0.25, 0.3) is 0 Å². The summed E-state index contributed by atoms with van der Waals surface area (Å²) in [6.45, 7) is 5.61.